The average Bonchev–Trinajstić information content (AvgIpc) is 2.44. The average molecular weight is 355 g/mol. The van der Waals surface area contributed by atoms with Crippen molar-refractivity contribution in [1.29, 1.82) is 0 Å². The molecule has 1 heteroatoms. The van der Waals surface area contributed by atoms with E-state index in [1.54, 1.807) is 0 Å². The fraction of sp³-hybridized carbons (Fsp3) is 1.00. The zero-order valence-electron chi connectivity index (χ0n) is 19.4. The maximum Gasteiger partial charge on any atom is 0.0522 e. The first-order valence-electron chi connectivity index (χ1n) is 11.1. The normalized spacial score (nSPS) is 13.7. The van der Waals surface area contributed by atoms with Crippen molar-refractivity contribution in [2.24, 2.45) is 34.5 Å². The SMILES string of the molecule is CCC(COCC(CC)(CC(C)C)CC(C)C)(CC(C)C)CC(C)C. The molecule has 0 fully saturated rings. The van der Waals surface area contributed by atoms with Gasteiger partial charge in [0.15, 0.2) is 0 Å². The predicted molar refractivity (Wildman–Crippen MR) is 114 cm³/mol. The van der Waals surface area contributed by atoms with E-state index in [1.165, 1.54) is 38.5 Å². The maximum absolute atomic E-state index is 6.55. The maximum atomic E-state index is 6.55. The molecule has 0 amide bonds. The standard InChI is InChI=1S/C24H50O/c1-11-23(13-19(3)4,14-20(5)6)17-25-18-24(12-2,15-21(7)8)16-22(9)10/h19-22H,11-18H2,1-10H3. The summed E-state index contributed by atoms with van der Waals surface area (Å²) in [5.41, 5.74) is 0.717. The molecule has 0 aromatic rings. The third-order valence-electron chi connectivity index (χ3n) is 5.68. The first-order chi connectivity index (χ1) is 11.5. The van der Waals surface area contributed by atoms with Crippen LogP contribution in [0.4, 0.5) is 0 Å². The molecule has 0 heterocycles. The van der Waals surface area contributed by atoms with Crippen molar-refractivity contribution >= 4 is 0 Å². The van der Waals surface area contributed by atoms with Gasteiger partial charge in [0, 0.05) is 0 Å². The Morgan fingerprint density at radius 1 is 0.520 bits per heavy atom. The Kier molecular flexibility index (Phi) is 11.6. The van der Waals surface area contributed by atoms with Crippen LogP contribution in [0.3, 0.4) is 0 Å². The van der Waals surface area contributed by atoms with Crippen molar-refractivity contribution in [2.45, 2.75) is 108 Å². The number of rotatable bonds is 14. The van der Waals surface area contributed by atoms with Gasteiger partial charge < -0.3 is 4.74 Å². The second kappa shape index (κ2) is 11.6. The summed E-state index contributed by atoms with van der Waals surface area (Å²) in [7, 11) is 0. The van der Waals surface area contributed by atoms with Gasteiger partial charge in [-0.2, -0.15) is 0 Å². The van der Waals surface area contributed by atoms with Crippen LogP contribution in [0.1, 0.15) is 108 Å². The summed E-state index contributed by atoms with van der Waals surface area (Å²) in [5, 5.41) is 0. The van der Waals surface area contributed by atoms with Crippen molar-refractivity contribution in [1.82, 2.24) is 0 Å². The molecule has 0 radical (unpaired) electrons. The van der Waals surface area contributed by atoms with E-state index < -0.39 is 0 Å². The summed E-state index contributed by atoms with van der Waals surface area (Å²) in [6.45, 7) is 25.5. The molecule has 0 aliphatic rings. The van der Waals surface area contributed by atoms with Crippen LogP contribution in [0.5, 0.6) is 0 Å². The topological polar surface area (TPSA) is 9.23 Å². The lowest BCUT2D eigenvalue weighted by atomic mass is 9.72. The molecule has 152 valence electrons. The summed E-state index contributed by atoms with van der Waals surface area (Å²) >= 11 is 0. The zero-order chi connectivity index (χ0) is 19.7. The van der Waals surface area contributed by atoms with Gasteiger partial charge in [-0.05, 0) is 73.0 Å². The monoisotopic (exact) mass is 354 g/mol. The zero-order valence-corrected chi connectivity index (χ0v) is 19.4. The molecular weight excluding hydrogens is 304 g/mol. The molecule has 0 N–H and O–H groups in total. The fourth-order valence-corrected chi connectivity index (χ4v) is 5.13. The second-order valence-electron chi connectivity index (χ2n) is 10.6. The van der Waals surface area contributed by atoms with E-state index in [9.17, 15) is 0 Å². The molecular formula is C24H50O. The third-order valence-corrected chi connectivity index (χ3v) is 5.68. The lowest BCUT2D eigenvalue weighted by Gasteiger charge is -2.40. The summed E-state index contributed by atoms with van der Waals surface area (Å²) < 4.78 is 6.55. The molecule has 0 saturated heterocycles. The quantitative estimate of drug-likeness (QED) is 0.307. The van der Waals surface area contributed by atoms with E-state index in [2.05, 4.69) is 69.2 Å². The van der Waals surface area contributed by atoms with E-state index in [0.717, 1.165) is 36.9 Å². The Balaban J connectivity index is 5.08. The van der Waals surface area contributed by atoms with Crippen molar-refractivity contribution in [3.05, 3.63) is 0 Å². The van der Waals surface area contributed by atoms with Crippen LogP contribution in [0.25, 0.3) is 0 Å². The number of ether oxygens (including phenoxy) is 1. The van der Waals surface area contributed by atoms with Crippen LogP contribution in [0.15, 0.2) is 0 Å². The summed E-state index contributed by atoms with van der Waals surface area (Å²) in [6, 6.07) is 0. The smallest absolute Gasteiger partial charge is 0.0522 e. The van der Waals surface area contributed by atoms with Crippen molar-refractivity contribution < 1.29 is 4.74 Å². The highest BCUT2D eigenvalue weighted by Crippen LogP contribution is 2.40. The Morgan fingerprint density at radius 2 is 0.760 bits per heavy atom. The van der Waals surface area contributed by atoms with Crippen molar-refractivity contribution in [3.63, 3.8) is 0 Å². The predicted octanol–water partition coefficient (Wildman–Crippen LogP) is 7.98. The first-order valence-corrected chi connectivity index (χ1v) is 11.1. The third kappa shape index (κ3) is 10.0. The minimum absolute atomic E-state index is 0.359. The van der Waals surface area contributed by atoms with E-state index in [-0.39, 0.29) is 0 Å². The van der Waals surface area contributed by atoms with Crippen LogP contribution < -0.4 is 0 Å². The van der Waals surface area contributed by atoms with Crippen LogP contribution in [0, 0.1) is 34.5 Å². The molecule has 1 nitrogen and oxygen atoms in total. The fourth-order valence-electron chi connectivity index (χ4n) is 5.13. The minimum atomic E-state index is 0.359. The van der Waals surface area contributed by atoms with Gasteiger partial charge in [-0.1, -0.05) is 69.2 Å². The van der Waals surface area contributed by atoms with Gasteiger partial charge in [0.05, 0.1) is 13.2 Å². The molecule has 0 aliphatic heterocycles. The van der Waals surface area contributed by atoms with Gasteiger partial charge in [0.1, 0.15) is 0 Å². The first kappa shape index (κ1) is 25.0. The summed E-state index contributed by atoms with van der Waals surface area (Å²) in [4.78, 5) is 0. The van der Waals surface area contributed by atoms with E-state index in [4.69, 9.17) is 4.74 Å². The van der Waals surface area contributed by atoms with Gasteiger partial charge >= 0.3 is 0 Å². The molecule has 0 aromatic carbocycles. The van der Waals surface area contributed by atoms with Crippen LogP contribution >= 0.6 is 0 Å². The number of hydrogen-bond donors (Lipinski definition) is 0. The highest BCUT2D eigenvalue weighted by Gasteiger charge is 2.34. The summed E-state index contributed by atoms with van der Waals surface area (Å²) in [6.07, 6.45) is 7.61. The molecule has 0 spiro atoms. The lowest BCUT2D eigenvalue weighted by Crippen LogP contribution is -2.35. The molecule has 0 aliphatic carbocycles. The minimum Gasteiger partial charge on any atom is -0.380 e. The summed E-state index contributed by atoms with van der Waals surface area (Å²) in [5.74, 6) is 2.96. The van der Waals surface area contributed by atoms with Crippen molar-refractivity contribution in [3.8, 4) is 0 Å². The molecule has 25 heavy (non-hydrogen) atoms. The van der Waals surface area contributed by atoms with Crippen molar-refractivity contribution in [2.75, 3.05) is 13.2 Å². The molecule has 0 unspecified atom stereocenters. The Labute approximate surface area is 160 Å². The molecule has 0 rings (SSSR count). The Bertz CT molecular complexity index is 275. The van der Waals surface area contributed by atoms with Gasteiger partial charge in [0.2, 0.25) is 0 Å². The largest absolute Gasteiger partial charge is 0.380 e. The molecule has 0 aromatic heterocycles. The molecule has 0 atom stereocenters. The van der Waals surface area contributed by atoms with Crippen LogP contribution in [0.2, 0.25) is 0 Å². The molecule has 0 saturated carbocycles. The van der Waals surface area contributed by atoms with Gasteiger partial charge in [-0.25, -0.2) is 0 Å². The Hall–Kier alpha value is -0.0400. The lowest BCUT2D eigenvalue weighted by molar-refractivity contribution is -0.0395. The second-order valence-corrected chi connectivity index (χ2v) is 10.6. The van der Waals surface area contributed by atoms with Gasteiger partial charge in [-0.3, -0.25) is 0 Å². The van der Waals surface area contributed by atoms with E-state index >= 15 is 0 Å². The highest BCUT2D eigenvalue weighted by molar-refractivity contribution is 4.84. The highest BCUT2D eigenvalue weighted by atomic mass is 16.5. The van der Waals surface area contributed by atoms with Crippen LogP contribution in [-0.4, -0.2) is 13.2 Å². The molecule has 0 bridgehead atoms. The van der Waals surface area contributed by atoms with Gasteiger partial charge in [0.25, 0.3) is 0 Å². The van der Waals surface area contributed by atoms with E-state index in [1.807, 2.05) is 0 Å². The van der Waals surface area contributed by atoms with Gasteiger partial charge in [-0.15, -0.1) is 0 Å². The Morgan fingerprint density at radius 3 is 0.920 bits per heavy atom. The number of hydrogen-bond acceptors (Lipinski definition) is 1. The van der Waals surface area contributed by atoms with E-state index in [0.29, 0.717) is 10.8 Å². The van der Waals surface area contributed by atoms with Crippen LogP contribution in [-0.2, 0) is 4.74 Å².